The number of carboxylic acids is 1. The largest absolute Gasteiger partial charge is 0.490 e. The van der Waals surface area contributed by atoms with Gasteiger partial charge in [-0.3, -0.25) is 19.8 Å². The van der Waals surface area contributed by atoms with Crippen molar-refractivity contribution < 1.29 is 37.5 Å². The first kappa shape index (κ1) is 30.3. The Morgan fingerprint density at radius 2 is 1.78 bits per heavy atom. The first-order chi connectivity index (χ1) is 16.8. The smallest absolute Gasteiger partial charge is 0.475 e. The SMILES string of the molecule is CC[C@H](NC(C)=O)C(=O)NC(CCCNC(=N)N)C(=O)c1nc2ccccc2s1.O=C(O)C(F)(F)F. The number of nitrogens with zero attached hydrogens (tertiary/aromatic N) is 1. The highest BCUT2D eigenvalue weighted by Gasteiger charge is 2.38. The molecule has 0 fully saturated rings. The lowest BCUT2D eigenvalue weighted by Gasteiger charge is -2.21. The Balaban J connectivity index is 0.000000809. The first-order valence-corrected chi connectivity index (χ1v) is 11.4. The predicted molar refractivity (Wildman–Crippen MR) is 127 cm³/mol. The van der Waals surface area contributed by atoms with Gasteiger partial charge in [-0.15, -0.1) is 11.3 Å². The summed E-state index contributed by atoms with van der Waals surface area (Å²) in [5.74, 6) is -3.92. The Kier molecular flexibility index (Phi) is 11.7. The van der Waals surface area contributed by atoms with E-state index in [4.69, 9.17) is 21.0 Å². The minimum atomic E-state index is -5.08. The number of para-hydroxylation sites is 1. The fraction of sp³-hybridized carbons (Fsp3) is 0.429. The van der Waals surface area contributed by atoms with Crippen LogP contribution >= 0.6 is 11.3 Å². The van der Waals surface area contributed by atoms with E-state index in [2.05, 4.69) is 20.9 Å². The number of ketones is 1. The monoisotopic (exact) mass is 532 g/mol. The number of hydrogen-bond acceptors (Lipinski definition) is 7. The second-order valence-electron chi connectivity index (χ2n) is 7.36. The second kappa shape index (κ2) is 14.0. The number of aliphatic carboxylic acids is 1. The molecule has 11 nitrogen and oxygen atoms in total. The molecule has 0 spiro atoms. The molecule has 1 aromatic carbocycles. The molecule has 2 amide bonds. The van der Waals surface area contributed by atoms with Crippen molar-refractivity contribution in [2.45, 2.75) is 51.4 Å². The lowest BCUT2D eigenvalue weighted by atomic mass is 10.1. The number of fused-ring (bicyclic) bond motifs is 1. The number of benzene rings is 1. The van der Waals surface area contributed by atoms with Gasteiger partial charge in [-0.05, 0) is 31.4 Å². The maximum atomic E-state index is 13.1. The Morgan fingerprint density at radius 3 is 2.28 bits per heavy atom. The van der Waals surface area contributed by atoms with Crippen molar-refractivity contribution in [3.05, 3.63) is 29.3 Å². The number of aromatic nitrogens is 1. The van der Waals surface area contributed by atoms with E-state index in [1.54, 1.807) is 6.92 Å². The molecule has 0 bridgehead atoms. The minimum absolute atomic E-state index is 0.153. The van der Waals surface area contributed by atoms with Crippen LogP contribution in [0.15, 0.2) is 24.3 Å². The molecule has 2 aromatic rings. The zero-order chi connectivity index (χ0) is 27.5. The lowest BCUT2D eigenvalue weighted by Crippen LogP contribution is -2.51. The number of Topliss-reactive ketones (excluding diaryl/α,β-unsaturated/α-hetero) is 1. The van der Waals surface area contributed by atoms with Crippen molar-refractivity contribution in [3.63, 3.8) is 0 Å². The van der Waals surface area contributed by atoms with Gasteiger partial charge < -0.3 is 26.8 Å². The van der Waals surface area contributed by atoms with Crippen LogP contribution in [0.2, 0.25) is 0 Å². The van der Waals surface area contributed by atoms with Crippen LogP contribution in [0.25, 0.3) is 10.2 Å². The summed E-state index contributed by atoms with van der Waals surface area (Å²) in [6, 6.07) is 5.94. The molecule has 1 aromatic heterocycles. The van der Waals surface area contributed by atoms with E-state index in [0.717, 1.165) is 10.2 Å². The molecule has 36 heavy (non-hydrogen) atoms. The molecule has 0 aliphatic rings. The Bertz CT molecular complexity index is 1060. The molecule has 1 unspecified atom stereocenters. The molecule has 1 heterocycles. The summed E-state index contributed by atoms with van der Waals surface area (Å²) in [6.45, 7) is 3.52. The second-order valence-corrected chi connectivity index (χ2v) is 8.39. The number of rotatable bonds is 10. The fourth-order valence-electron chi connectivity index (χ4n) is 2.80. The number of guanidine groups is 1. The third kappa shape index (κ3) is 10.2. The zero-order valence-electron chi connectivity index (χ0n) is 19.4. The van der Waals surface area contributed by atoms with Gasteiger partial charge in [-0.1, -0.05) is 19.1 Å². The van der Waals surface area contributed by atoms with Gasteiger partial charge in [0, 0.05) is 13.5 Å². The molecule has 0 aliphatic carbocycles. The van der Waals surface area contributed by atoms with Gasteiger partial charge in [0.05, 0.1) is 16.3 Å². The minimum Gasteiger partial charge on any atom is -0.475 e. The number of carbonyl (C=O) groups excluding carboxylic acids is 3. The number of nitrogens with one attached hydrogen (secondary N) is 4. The summed E-state index contributed by atoms with van der Waals surface area (Å²) in [5, 5.41) is 22.7. The van der Waals surface area contributed by atoms with Crippen LogP contribution in [0.3, 0.4) is 0 Å². The molecular weight excluding hydrogens is 505 g/mol. The van der Waals surface area contributed by atoms with Crippen LogP contribution in [0.5, 0.6) is 0 Å². The zero-order valence-corrected chi connectivity index (χ0v) is 20.3. The Labute approximate surface area is 208 Å². The van der Waals surface area contributed by atoms with Crippen molar-refractivity contribution in [1.82, 2.24) is 20.9 Å². The molecule has 2 atom stereocenters. The number of carboxylic acid groups (broad SMARTS) is 1. The molecule has 2 rings (SSSR count). The molecule has 7 N–H and O–H groups in total. The topological polar surface area (TPSA) is 187 Å². The maximum Gasteiger partial charge on any atom is 0.490 e. The molecule has 15 heteroatoms. The van der Waals surface area contributed by atoms with Crippen molar-refractivity contribution >= 4 is 51.1 Å². The molecule has 0 aliphatic heterocycles. The summed E-state index contributed by atoms with van der Waals surface area (Å²) in [7, 11) is 0. The van der Waals surface area contributed by atoms with E-state index < -0.39 is 30.1 Å². The third-order valence-electron chi connectivity index (χ3n) is 4.47. The van der Waals surface area contributed by atoms with Gasteiger partial charge in [0.15, 0.2) is 11.0 Å². The van der Waals surface area contributed by atoms with Crippen molar-refractivity contribution in [2.24, 2.45) is 5.73 Å². The number of alkyl halides is 3. The summed E-state index contributed by atoms with van der Waals surface area (Å²) < 4.78 is 32.6. The number of amides is 2. The van der Waals surface area contributed by atoms with E-state index in [-0.39, 0.29) is 17.6 Å². The van der Waals surface area contributed by atoms with E-state index in [1.807, 2.05) is 24.3 Å². The average Bonchev–Trinajstić information content (AvgIpc) is 3.22. The fourth-order valence-corrected chi connectivity index (χ4v) is 3.76. The van der Waals surface area contributed by atoms with Crippen LogP contribution in [-0.4, -0.2) is 64.4 Å². The summed E-state index contributed by atoms with van der Waals surface area (Å²) in [4.78, 5) is 50.3. The molecule has 0 saturated carbocycles. The summed E-state index contributed by atoms with van der Waals surface area (Å²) in [5.41, 5.74) is 6.01. The van der Waals surface area contributed by atoms with Gasteiger partial charge in [0.2, 0.25) is 17.6 Å². The lowest BCUT2D eigenvalue weighted by molar-refractivity contribution is -0.192. The number of hydrogen-bond donors (Lipinski definition) is 6. The Hall–Kier alpha value is -3.75. The number of carbonyl (C=O) groups is 4. The quantitative estimate of drug-likeness (QED) is 0.116. The van der Waals surface area contributed by atoms with Gasteiger partial charge >= 0.3 is 12.1 Å². The average molecular weight is 533 g/mol. The van der Waals surface area contributed by atoms with Crippen LogP contribution < -0.4 is 21.7 Å². The highest BCUT2D eigenvalue weighted by Crippen LogP contribution is 2.23. The third-order valence-corrected chi connectivity index (χ3v) is 5.52. The maximum absolute atomic E-state index is 13.1. The number of halogens is 3. The van der Waals surface area contributed by atoms with Crippen molar-refractivity contribution in [1.29, 1.82) is 5.41 Å². The predicted octanol–water partition coefficient (Wildman–Crippen LogP) is 1.78. The standard InChI is InChI=1S/C19H26N6O3S.C2HF3O2/c1-3-12(23-11(2)26)17(28)24-14(8-6-10-22-19(20)21)16(27)18-25-13-7-4-5-9-15(13)29-18;3-2(4,5)1(6)7/h4-5,7,9,12,14H,3,6,8,10H2,1-2H3,(H,23,26)(H,24,28)(H4,20,21,22);(H,6,7)/t12-,14?;/m0./s1. The normalized spacial score (nSPS) is 12.5. The van der Waals surface area contributed by atoms with Crippen LogP contribution in [0, 0.1) is 5.41 Å². The highest BCUT2D eigenvalue weighted by molar-refractivity contribution is 7.20. The summed E-state index contributed by atoms with van der Waals surface area (Å²) >= 11 is 1.28. The van der Waals surface area contributed by atoms with Gasteiger partial charge in [0.1, 0.15) is 6.04 Å². The van der Waals surface area contributed by atoms with E-state index in [9.17, 15) is 27.6 Å². The van der Waals surface area contributed by atoms with Crippen LogP contribution in [0.1, 0.15) is 42.9 Å². The van der Waals surface area contributed by atoms with E-state index >= 15 is 0 Å². The van der Waals surface area contributed by atoms with Crippen LogP contribution in [0.4, 0.5) is 13.2 Å². The highest BCUT2D eigenvalue weighted by atomic mass is 32.1. The van der Waals surface area contributed by atoms with Crippen molar-refractivity contribution in [3.8, 4) is 0 Å². The molecule has 0 radical (unpaired) electrons. The van der Waals surface area contributed by atoms with Gasteiger partial charge in [-0.25, -0.2) is 9.78 Å². The molecule has 0 saturated heterocycles. The Morgan fingerprint density at radius 1 is 1.17 bits per heavy atom. The number of nitrogens with two attached hydrogens (primary N) is 1. The first-order valence-electron chi connectivity index (χ1n) is 10.6. The van der Waals surface area contributed by atoms with Crippen molar-refractivity contribution in [2.75, 3.05) is 6.54 Å². The van der Waals surface area contributed by atoms with Gasteiger partial charge in [-0.2, -0.15) is 13.2 Å². The van der Waals surface area contributed by atoms with E-state index in [1.165, 1.54) is 18.3 Å². The van der Waals surface area contributed by atoms with Crippen LogP contribution in [-0.2, 0) is 14.4 Å². The number of thiazole rings is 1. The molecular formula is C21H27F3N6O5S. The van der Waals surface area contributed by atoms with Gasteiger partial charge in [0.25, 0.3) is 0 Å². The van der Waals surface area contributed by atoms with E-state index in [0.29, 0.717) is 30.8 Å². The summed E-state index contributed by atoms with van der Waals surface area (Å²) in [6.07, 6.45) is -3.82. The molecule has 198 valence electrons.